The van der Waals surface area contributed by atoms with Crippen LogP contribution in [-0.4, -0.2) is 29.0 Å². The van der Waals surface area contributed by atoms with E-state index in [4.69, 9.17) is 5.73 Å². The van der Waals surface area contributed by atoms with Gasteiger partial charge in [0.1, 0.15) is 11.6 Å². The summed E-state index contributed by atoms with van der Waals surface area (Å²) in [5.41, 5.74) is 9.19. The Labute approximate surface area is 125 Å². The number of pyridine rings is 1. The molecule has 0 unspecified atom stereocenters. The van der Waals surface area contributed by atoms with Crippen molar-refractivity contribution in [2.75, 3.05) is 24.7 Å². The van der Waals surface area contributed by atoms with E-state index in [1.807, 2.05) is 49.3 Å². The number of rotatable bonds is 2. The summed E-state index contributed by atoms with van der Waals surface area (Å²) >= 11 is 3.43. The number of hydrogen-bond acceptors (Lipinski definition) is 4. The van der Waals surface area contributed by atoms with Crippen LogP contribution in [0.5, 0.6) is 0 Å². The number of benzene rings is 1. The van der Waals surface area contributed by atoms with E-state index in [2.05, 4.69) is 30.9 Å². The maximum Gasteiger partial charge on any atom is 0.180 e. The van der Waals surface area contributed by atoms with Gasteiger partial charge in [-0.2, -0.15) is 0 Å². The van der Waals surface area contributed by atoms with Crippen molar-refractivity contribution in [2.24, 2.45) is 0 Å². The first-order valence-electron chi connectivity index (χ1n) is 6.14. The molecular formula is C14H14BrN5. The molecule has 3 rings (SSSR count). The molecule has 2 aromatic heterocycles. The molecule has 0 saturated heterocycles. The normalized spacial score (nSPS) is 10.9. The van der Waals surface area contributed by atoms with Crippen molar-refractivity contribution in [3.8, 4) is 11.4 Å². The highest BCUT2D eigenvalue weighted by atomic mass is 79.9. The fraction of sp³-hybridized carbons (Fsp3) is 0.143. The first-order valence-corrected chi connectivity index (χ1v) is 6.94. The van der Waals surface area contributed by atoms with Crippen molar-refractivity contribution in [3.63, 3.8) is 0 Å². The number of imidazole rings is 1. The topological polar surface area (TPSA) is 70.8 Å². The van der Waals surface area contributed by atoms with Gasteiger partial charge in [0, 0.05) is 24.1 Å². The Bertz CT molecular complexity index is 778. The molecule has 6 heteroatoms. The Morgan fingerprint density at radius 2 is 1.95 bits per heavy atom. The Hall–Kier alpha value is -2.08. The van der Waals surface area contributed by atoms with Crippen LogP contribution in [0.25, 0.3) is 22.6 Å². The summed E-state index contributed by atoms with van der Waals surface area (Å²) < 4.78 is 0.859. The number of nitrogens with one attached hydrogen (secondary N) is 1. The summed E-state index contributed by atoms with van der Waals surface area (Å²) in [4.78, 5) is 14.2. The van der Waals surface area contributed by atoms with E-state index in [0.717, 1.165) is 27.2 Å². The third kappa shape index (κ3) is 2.12. The van der Waals surface area contributed by atoms with Crippen LogP contribution in [0.15, 0.2) is 34.8 Å². The molecule has 0 saturated carbocycles. The Morgan fingerprint density at radius 3 is 2.70 bits per heavy atom. The van der Waals surface area contributed by atoms with Crippen molar-refractivity contribution in [3.05, 3.63) is 34.8 Å². The monoisotopic (exact) mass is 331 g/mol. The number of nitrogens with zero attached hydrogens (tertiary/aromatic N) is 3. The molecule has 5 nitrogen and oxygen atoms in total. The number of para-hydroxylation sites is 1. The third-order valence-corrected chi connectivity index (χ3v) is 3.79. The number of nitrogen functional groups attached to an aromatic ring is 1. The summed E-state index contributed by atoms with van der Waals surface area (Å²) in [7, 11) is 3.90. The van der Waals surface area contributed by atoms with Gasteiger partial charge in [-0.15, -0.1) is 0 Å². The summed E-state index contributed by atoms with van der Waals surface area (Å²) in [5.74, 6) is 1.60. The fourth-order valence-electron chi connectivity index (χ4n) is 2.00. The van der Waals surface area contributed by atoms with Crippen molar-refractivity contribution in [1.29, 1.82) is 0 Å². The summed E-state index contributed by atoms with van der Waals surface area (Å²) in [6.45, 7) is 0. The highest BCUT2D eigenvalue weighted by molar-refractivity contribution is 9.10. The number of anilines is 2. The Kier molecular flexibility index (Phi) is 3.10. The maximum atomic E-state index is 6.08. The number of hydrogen-bond donors (Lipinski definition) is 2. The number of aromatic nitrogens is 3. The van der Waals surface area contributed by atoms with E-state index < -0.39 is 0 Å². The first-order chi connectivity index (χ1) is 9.56. The lowest BCUT2D eigenvalue weighted by Crippen LogP contribution is -2.10. The van der Waals surface area contributed by atoms with Crippen LogP contribution in [0.2, 0.25) is 0 Å². The van der Waals surface area contributed by atoms with E-state index in [1.54, 1.807) is 0 Å². The zero-order chi connectivity index (χ0) is 14.3. The Balaban J connectivity index is 2.15. The van der Waals surface area contributed by atoms with E-state index in [9.17, 15) is 0 Å². The van der Waals surface area contributed by atoms with Gasteiger partial charge in [0.15, 0.2) is 5.65 Å². The minimum atomic E-state index is 0.666. The number of aromatic amines is 1. The average Bonchev–Trinajstić information content (AvgIpc) is 2.84. The second-order valence-corrected chi connectivity index (χ2v) is 5.58. The van der Waals surface area contributed by atoms with Gasteiger partial charge in [0.2, 0.25) is 0 Å². The largest absolute Gasteiger partial charge is 0.397 e. The van der Waals surface area contributed by atoms with Gasteiger partial charge in [-0.25, -0.2) is 9.97 Å². The summed E-state index contributed by atoms with van der Waals surface area (Å²) in [6.07, 6.45) is 0. The standard InChI is InChI=1S/C14H14BrN5/c1-20(2)11-7-6-10-14(18-11)19-13(17-10)8-4-3-5-9(15)12(8)16/h3-7H,16H2,1-2H3,(H,17,18,19). The predicted molar refractivity (Wildman–Crippen MR) is 85.8 cm³/mol. The molecule has 20 heavy (non-hydrogen) atoms. The molecule has 3 aromatic rings. The molecule has 0 fully saturated rings. The minimum absolute atomic E-state index is 0.666. The van der Waals surface area contributed by atoms with E-state index in [-0.39, 0.29) is 0 Å². The number of nitrogens with two attached hydrogens (primary N) is 1. The van der Waals surface area contributed by atoms with Crippen LogP contribution in [0, 0.1) is 0 Å². The maximum absolute atomic E-state index is 6.08. The molecule has 2 heterocycles. The molecule has 3 N–H and O–H groups in total. The van der Waals surface area contributed by atoms with Crippen LogP contribution in [0.4, 0.5) is 11.5 Å². The summed E-state index contributed by atoms with van der Waals surface area (Å²) in [5, 5.41) is 0. The predicted octanol–water partition coefficient (Wildman–Crippen LogP) is 3.04. The van der Waals surface area contributed by atoms with Crippen molar-refractivity contribution in [2.45, 2.75) is 0 Å². The quantitative estimate of drug-likeness (QED) is 0.708. The van der Waals surface area contributed by atoms with E-state index in [0.29, 0.717) is 11.3 Å². The molecule has 1 aromatic carbocycles. The number of halogens is 1. The van der Waals surface area contributed by atoms with Gasteiger partial charge in [0.25, 0.3) is 0 Å². The van der Waals surface area contributed by atoms with E-state index >= 15 is 0 Å². The first kappa shape index (κ1) is 12.9. The third-order valence-electron chi connectivity index (χ3n) is 3.10. The average molecular weight is 332 g/mol. The van der Waals surface area contributed by atoms with Gasteiger partial charge in [0.05, 0.1) is 11.2 Å². The number of H-pyrrole nitrogens is 1. The van der Waals surface area contributed by atoms with Crippen molar-refractivity contribution < 1.29 is 0 Å². The van der Waals surface area contributed by atoms with Gasteiger partial charge >= 0.3 is 0 Å². The van der Waals surface area contributed by atoms with Crippen LogP contribution < -0.4 is 10.6 Å². The van der Waals surface area contributed by atoms with Gasteiger partial charge in [-0.3, -0.25) is 0 Å². The van der Waals surface area contributed by atoms with Crippen LogP contribution in [0.3, 0.4) is 0 Å². The highest BCUT2D eigenvalue weighted by Crippen LogP contribution is 2.31. The molecule has 0 aliphatic carbocycles. The van der Waals surface area contributed by atoms with Gasteiger partial charge < -0.3 is 15.6 Å². The van der Waals surface area contributed by atoms with Crippen LogP contribution >= 0.6 is 15.9 Å². The molecule has 0 bridgehead atoms. The van der Waals surface area contributed by atoms with Crippen LogP contribution in [-0.2, 0) is 0 Å². The lowest BCUT2D eigenvalue weighted by atomic mass is 10.2. The fourth-order valence-corrected chi connectivity index (χ4v) is 2.37. The summed E-state index contributed by atoms with van der Waals surface area (Å²) in [6, 6.07) is 9.70. The smallest absolute Gasteiger partial charge is 0.180 e. The molecule has 0 atom stereocenters. The zero-order valence-electron chi connectivity index (χ0n) is 11.2. The highest BCUT2D eigenvalue weighted by Gasteiger charge is 2.11. The molecule has 0 amide bonds. The molecule has 0 radical (unpaired) electrons. The second-order valence-electron chi connectivity index (χ2n) is 4.72. The molecule has 0 aliphatic heterocycles. The SMILES string of the molecule is CN(C)c1ccc2[nH]c(-c3cccc(Br)c3N)nc2n1. The second kappa shape index (κ2) is 4.79. The van der Waals surface area contributed by atoms with E-state index in [1.165, 1.54) is 0 Å². The lowest BCUT2D eigenvalue weighted by Gasteiger charge is -2.09. The van der Waals surface area contributed by atoms with Crippen molar-refractivity contribution in [1.82, 2.24) is 15.0 Å². The molecule has 0 spiro atoms. The molecule has 0 aliphatic rings. The Morgan fingerprint density at radius 1 is 1.15 bits per heavy atom. The lowest BCUT2D eigenvalue weighted by molar-refractivity contribution is 1.08. The molecular weight excluding hydrogens is 318 g/mol. The van der Waals surface area contributed by atoms with Crippen molar-refractivity contribution >= 4 is 38.6 Å². The van der Waals surface area contributed by atoms with Gasteiger partial charge in [-0.1, -0.05) is 6.07 Å². The number of fused-ring (bicyclic) bond motifs is 1. The zero-order valence-corrected chi connectivity index (χ0v) is 12.8. The van der Waals surface area contributed by atoms with Crippen LogP contribution in [0.1, 0.15) is 0 Å². The molecule has 102 valence electrons. The van der Waals surface area contributed by atoms with Gasteiger partial charge in [-0.05, 0) is 40.2 Å². The minimum Gasteiger partial charge on any atom is -0.397 e.